The van der Waals surface area contributed by atoms with Gasteiger partial charge in [-0.1, -0.05) is 18.2 Å². The molecule has 0 radical (unpaired) electrons. The van der Waals surface area contributed by atoms with Crippen LogP contribution in [0.5, 0.6) is 5.75 Å². The highest BCUT2D eigenvalue weighted by Crippen LogP contribution is 2.72. The van der Waals surface area contributed by atoms with Crippen LogP contribution in [0.3, 0.4) is 0 Å². The van der Waals surface area contributed by atoms with E-state index in [2.05, 4.69) is 40.4 Å². The zero-order chi connectivity index (χ0) is 19.6. The number of H-pyrrole nitrogens is 1. The molecule has 4 heterocycles. The number of ether oxygens (including phenoxy) is 1. The summed E-state index contributed by atoms with van der Waals surface area (Å²) in [6, 6.07) is 12.4. The molecule has 7 rings (SSSR count). The molecule has 4 aliphatic rings. The predicted octanol–water partition coefficient (Wildman–Crippen LogP) is 5.01. The van der Waals surface area contributed by atoms with E-state index in [1.165, 1.54) is 22.9 Å². The fourth-order valence-electron chi connectivity index (χ4n) is 6.94. The zero-order valence-corrected chi connectivity index (χ0v) is 16.8. The Morgan fingerprint density at radius 1 is 1.21 bits per heavy atom. The molecule has 2 unspecified atom stereocenters. The van der Waals surface area contributed by atoms with Gasteiger partial charge in [0.15, 0.2) is 11.2 Å². The monoisotopic (exact) mass is 386 g/mol. The smallest absolute Gasteiger partial charge is 0.201 e. The van der Waals surface area contributed by atoms with Crippen molar-refractivity contribution >= 4 is 10.9 Å². The summed E-state index contributed by atoms with van der Waals surface area (Å²) >= 11 is 0. The standard InChI is InChI=1S/C24H26N4O/c1-29-21-9-5-11-26-22(21)24-14-17-12-18(24)13-23(17,28(24)25)10-4-6-16-15-27-20-8-3-2-7-19(16)20/h2-3,5,7-9,11,15,17-18,27H,4,6,10,12-14H2,1H3/t17-,18-,23?,24?/m1/s1. The van der Waals surface area contributed by atoms with Crippen LogP contribution in [-0.4, -0.2) is 27.3 Å². The van der Waals surface area contributed by atoms with Gasteiger partial charge in [0.25, 0.3) is 0 Å². The molecule has 2 aromatic heterocycles. The lowest BCUT2D eigenvalue weighted by atomic mass is 9.78. The van der Waals surface area contributed by atoms with Crippen LogP contribution < -0.4 is 4.74 Å². The van der Waals surface area contributed by atoms with Gasteiger partial charge in [-0.3, -0.25) is 4.98 Å². The first-order valence-corrected chi connectivity index (χ1v) is 10.7. The minimum atomic E-state index is -0.363. The minimum absolute atomic E-state index is 0.0979. The molecule has 5 heteroatoms. The quantitative estimate of drug-likeness (QED) is 0.606. The van der Waals surface area contributed by atoms with Crippen LogP contribution in [0.25, 0.3) is 16.4 Å². The SMILES string of the molecule is COc1cccnc1C12C[C@H]3C[C@@H]1CC3(CCCc1c[nH]c3ccccc13)[N+]2=[N-]. The van der Waals surface area contributed by atoms with Crippen molar-refractivity contribution in [3.63, 3.8) is 0 Å². The lowest BCUT2D eigenvalue weighted by molar-refractivity contribution is -0.669. The third kappa shape index (κ3) is 2.08. The van der Waals surface area contributed by atoms with Crippen LogP contribution in [0.1, 0.15) is 43.4 Å². The molecule has 3 aromatic rings. The highest BCUT2D eigenvalue weighted by atomic mass is 16.5. The summed E-state index contributed by atoms with van der Waals surface area (Å²) in [5, 5.41) is 1.32. The number of aromatic nitrogens is 2. The predicted molar refractivity (Wildman–Crippen MR) is 111 cm³/mol. The third-order valence-corrected chi connectivity index (χ3v) is 8.09. The number of aromatic amines is 1. The van der Waals surface area contributed by atoms with E-state index in [-0.39, 0.29) is 11.1 Å². The summed E-state index contributed by atoms with van der Waals surface area (Å²) in [5.41, 5.74) is 14.5. The number of nitrogens with one attached hydrogen (secondary N) is 1. The van der Waals surface area contributed by atoms with E-state index in [4.69, 9.17) is 4.74 Å². The Kier molecular flexibility index (Phi) is 3.50. The van der Waals surface area contributed by atoms with Crippen LogP contribution in [0.2, 0.25) is 0 Å². The van der Waals surface area contributed by atoms with Crippen molar-refractivity contribution in [2.24, 2.45) is 11.8 Å². The molecule has 29 heavy (non-hydrogen) atoms. The molecule has 4 atom stereocenters. The molecule has 2 aliphatic heterocycles. The molecular formula is C24H26N4O. The summed E-state index contributed by atoms with van der Waals surface area (Å²) in [6.45, 7) is 0. The van der Waals surface area contributed by atoms with Gasteiger partial charge in [0.2, 0.25) is 5.54 Å². The van der Waals surface area contributed by atoms with E-state index in [1.54, 1.807) is 11.8 Å². The number of hydrogen-bond donors (Lipinski definition) is 1. The van der Waals surface area contributed by atoms with Gasteiger partial charge in [0, 0.05) is 54.4 Å². The average Bonchev–Trinajstić information content (AvgIpc) is 3.52. The first-order valence-electron chi connectivity index (χ1n) is 10.7. The van der Waals surface area contributed by atoms with Crippen molar-refractivity contribution in [2.45, 2.75) is 49.6 Å². The van der Waals surface area contributed by atoms with Crippen molar-refractivity contribution in [3.8, 4) is 5.75 Å². The van der Waals surface area contributed by atoms with Gasteiger partial charge in [-0.05, 0) is 43.0 Å². The van der Waals surface area contributed by atoms with Crippen molar-refractivity contribution in [2.75, 3.05) is 7.11 Å². The maximum absolute atomic E-state index is 11.5. The molecule has 2 saturated heterocycles. The second-order valence-corrected chi connectivity index (χ2v) is 9.14. The molecule has 4 bridgehead atoms. The van der Waals surface area contributed by atoms with Crippen molar-refractivity contribution in [3.05, 3.63) is 65.6 Å². The zero-order valence-electron chi connectivity index (χ0n) is 16.8. The number of aryl methyl sites for hydroxylation is 1. The summed E-state index contributed by atoms with van der Waals surface area (Å²) in [5.74, 6) is 1.82. The number of para-hydroxylation sites is 1. The number of benzene rings is 1. The summed E-state index contributed by atoms with van der Waals surface area (Å²) < 4.78 is 7.34. The van der Waals surface area contributed by atoms with E-state index in [0.717, 1.165) is 43.5 Å². The molecule has 148 valence electrons. The van der Waals surface area contributed by atoms with Crippen LogP contribution >= 0.6 is 0 Å². The summed E-state index contributed by atoms with van der Waals surface area (Å²) in [7, 11) is 1.70. The van der Waals surface area contributed by atoms with Crippen LogP contribution in [0, 0.1) is 11.8 Å². The highest BCUT2D eigenvalue weighted by molar-refractivity contribution is 5.83. The molecule has 0 amide bonds. The number of piperidine rings is 1. The largest absolute Gasteiger partial charge is 0.505 e. The molecule has 1 aromatic carbocycles. The molecule has 2 aliphatic carbocycles. The fraction of sp³-hybridized carbons (Fsp3) is 0.458. The highest BCUT2D eigenvalue weighted by Gasteiger charge is 2.79. The van der Waals surface area contributed by atoms with Gasteiger partial charge in [0.05, 0.1) is 7.11 Å². The van der Waals surface area contributed by atoms with Crippen molar-refractivity contribution in [1.29, 1.82) is 0 Å². The lowest BCUT2D eigenvalue weighted by Crippen LogP contribution is -2.41. The Balaban J connectivity index is 1.26. The second kappa shape index (κ2) is 5.91. The Morgan fingerprint density at radius 3 is 2.93 bits per heavy atom. The number of methoxy groups -OCH3 is 1. The number of fused-ring (bicyclic) bond motifs is 1. The van der Waals surface area contributed by atoms with Crippen molar-refractivity contribution < 1.29 is 9.43 Å². The van der Waals surface area contributed by atoms with Crippen molar-refractivity contribution in [1.82, 2.24) is 9.97 Å². The second-order valence-electron chi connectivity index (χ2n) is 9.14. The molecule has 1 N–H and O–H groups in total. The minimum Gasteiger partial charge on any atom is -0.505 e. The molecular weight excluding hydrogens is 360 g/mol. The summed E-state index contributed by atoms with van der Waals surface area (Å²) in [6.07, 6.45) is 10.4. The van der Waals surface area contributed by atoms with Gasteiger partial charge in [-0.15, -0.1) is 0 Å². The average molecular weight is 386 g/mol. The van der Waals surface area contributed by atoms with Crippen LogP contribution in [0.15, 0.2) is 48.8 Å². The van der Waals surface area contributed by atoms with Gasteiger partial charge >= 0.3 is 0 Å². The number of pyridine rings is 1. The van der Waals surface area contributed by atoms with E-state index in [0.29, 0.717) is 11.8 Å². The first-order chi connectivity index (χ1) is 14.2. The number of hydrogen-bond acceptors (Lipinski definition) is 2. The lowest BCUT2D eigenvalue weighted by Gasteiger charge is -2.32. The Labute approximate surface area is 170 Å². The molecule has 5 nitrogen and oxygen atoms in total. The Hall–Kier alpha value is -2.69. The number of rotatable bonds is 6. The Morgan fingerprint density at radius 2 is 2.10 bits per heavy atom. The van der Waals surface area contributed by atoms with E-state index in [9.17, 15) is 5.53 Å². The fourth-order valence-corrected chi connectivity index (χ4v) is 6.94. The van der Waals surface area contributed by atoms with Gasteiger partial charge in [0.1, 0.15) is 5.75 Å². The van der Waals surface area contributed by atoms with Gasteiger partial charge in [-0.25, -0.2) is 0 Å². The van der Waals surface area contributed by atoms with Crippen LogP contribution in [-0.2, 0) is 12.0 Å². The van der Waals surface area contributed by atoms with E-state index < -0.39 is 0 Å². The van der Waals surface area contributed by atoms with Gasteiger partial charge in [-0.2, -0.15) is 0 Å². The third-order valence-electron chi connectivity index (χ3n) is 8.09. The Bertz CT molecular complexity index is 1120. The molecule has 4 fully saturated rings. The maximum Gasteiger partial charge on any atom is 0.201 e. The normalized spacial score (nSPS) is 32.0. The molecule has 0 spiro atoms. The topological polar surface area (TPSA) is 63.2 Å². The molecule has 2 saturated carbocycles. The maximum atomic E-state index is 11.5. The van der Waals surface area contributed by atoms with Gasteiger partial charge < -0.3 is 19.9 Å². The first kappa shape index (κ1) is 17.2. The summed E-state index contributed by atoms with van der Waals surface area (Å²) in [4.78, 5) is 8.07. The van der Waals surface area contributed by atoms with E-state index >= 15 is 0 Å². The number of nitrogens with zero attached hydrogens (tertiary/aromatic N) is 3. The van der Waals surface area contributed by atoms with E-state index in [1.807, 2.05) is 18.3 Å². The van der Waals surface area contributed by atoms with Crippen LogP contribution in [0.4, 0.5) is 0 Å².